The molecule has 0 N–H and O–H groups in total. The molecule has 3 aliphatic carbocycles. The van der Waals surface area contributed by atoms with Crippen LogP contribution in [0.25, 0.3) is 55.3 Å². The molecule has 1 heterocycles. The van der Waals surface area contributed by atoms with Crippen molar-refractivity contribution in [2.24, 2.45) is 0 Å². The van der Waals surface area contributed by atoms with Gasteiger partial charge in [-0.1, -0.05) is 153 Å². The van der Waals surface area contributed by atoms with E-state index in [1.807, 2.05) is 0 Å². The molecular weight excluding hydrogens is 679 g/mol. The van der Waals surface area contributed by atoms with Crippen LogP contribution in [0.1, 0.15) is 53.6 Å². The van der Waals surface area contributed by atoms with Gasteiger partial charge in [-0.25, -0.2) is 0 Å². The second-order valence-electron chi connectivity index (χ2n) is 16.3. The van der Waals surface area contributed by atoms with Crippen LogP contribution in [0.4, 0.5) is 17.1 Å². The normalized spacial score (nSPS) is 16.8. The minimum absolute atomic E-state index is 0.164. The van der Waals surface area contributed by atoms with Crippen LogP contribution < -0.4 is 4.90 Å². The van der Waals surface area contributed by atoms with Gasteiger partial charge in [-0.2, -0.15) is 0 Å². The molecule has 2 nitrogen and oxygen atoms in total. The molecule has 0 saturated heterocycles. The molecule has 9 aromatic rings. The summed E-state index contributed by atoms with van der Waals surface area (Å²) in [6.45, 7) is 4.77. The van der Waals surface area contributed by atoms with Gasteiger partial charge in [0.05, 0.1) is 16.8 Å². The predicted molar refractivity (Wildman–Crippen MR) is 231 cm³/mol. The third-order valence-electron chi connectivity index (χ3n) is 13.3. The highest BCUT2D eigenvalue weighted by Gasteiger charge is 2.48. The summed E-state index contributed by atoms with van der Waals surface area (Å²) in [6, 6.07) is 65.4. The Morgan fingerprint density at radius 2 is 1.05 bits per heavy atom. The van der Waals surface area contributed by atoms with Crippen molar-refractivity contribution in [3.8, 4) is 33.4 Å². The maximum absolute atomic E-state index is 6.56. The molecule has 1 unspecified atom stereocenters. The molecule has 0 aliphatic heterocycles. The van der Waals surface area contributed by atoms with E-state index >= 15 is 0 Å². The van der Waals surface area contributed by atoms with Crippen molar-refractivity contribution in [3.63, 3.8) is 0 Å². The van der Waals surface area contributed by atoms with Crippen molar-refractivity contribution in [1.82, 2.24) is 0 Å². The first-order valence-electron chi connectivity index (χ1n) is 19.9. The van der Waals surface area contributed by atoms with Crippen LogP contribution in [0.2, 0.25) is 0 Å². The van der Waals surface area contributed by atoms with E-state index in [0.29, 0.717) is 0 Å². The molecule has 1 atom stereocenters. The summed E-state index contributed by atoms with van der Waals surface area (Å²) >= 11 is 0. The number of aryl methyl sites for hydroxylation is 1. The standard InChI is InChI=1S/C54H39NO/c1-53(2)44-23-9-4-17-37(44)40-20-13-21-41(52(40)53)39-18-6-11-25-47(39)55(48-26-14-28-50-51(48)42-19-7-12-27-49(42)56-50)35-29-30-38-36-16-5-10-24-45(36)54(46(38)33-35)32-31-34-15-3-8-22-43(34)54/h3-30,33H,31-32H2,1-2H3. The fourth-order valence-corrected chi connectivity index (χ4v) is 11.0. The van der Waals surface area contributed by atoms with E-state index in [9.17, 15) is 0 Å². The highest BCUT2D eigenvalue weighted by molar-refractivity contribution is 6.14. The maximum Gasteiger partial charge on any atom is 0.137 e. The van der Waals surface area contributed by atoms with E-state index < -0.39 is 0 Å². The van der Waals surface area contributed by atoms with Gasteiger partial charge in [0.15, 0.2) is 0 Å². The van der Waals surface area contributed by atoms with Gasteiger partial charge in [0.25, 0.3) is 0 Å². The lowest BCUT2D eigenvalue weighted by Crippen LogP contribution is -2.24. The number of para-hydroxylation sites is 2. The molecule has 0 fully saturated rings. The van der Waals surface area contributed by atoms with Gasteiger partial charge >= 0.3 is 0 Å². The molecule has 0 amide bonds. The third-order valence-corrected chi connectivity index (χ3v) is 13.3. The largest absolute Gasteiger partial charge is 0.456 e. The minimum Gasteiger partial charge on any atom is -0.456 e. The van der Waals surface area contributed by atoms with Crippen molar-refractivity contribution < 1.29 is 4.42 Å². The number of fused-ring (bicyclic) bond motifs is 13. The van der Waals surface area contributed by atoms with Crippen LogP contribution in [0.5, 0.6) is 0 Å². The Labute approximate surface area is 327 Å². The Balaban J connectivity index is 1.15. The van der Waals surface area contributed by atoms with Crippen molar-refractivity contribution in [1.29, 1.82) is 0 Å². The Bertz CT molecular complexity index is 3090. The molecule has 12 rings (SSSR count). The summed E-state index contributed by atoms with van der Waals surface area (Å²) in [5, 5.41) is 2.24. The average Bonchev–Trinajstić information content (AvgIpc) is 3.97. The monoisotopic (exact) mass is 717 g/mol. The van der Waals surface area contributed by atoms with Crippen LogP contribution in [0, 0.1) is 0 Å². The maximum atomic E-state index is 6.56. The molecule has 56 heavy (non-hydrogen) atoms. The second-order valence-corrected chi connectivity index (χ2v) is 16.3. The van der Waals surface area contributed by atoms with Gasteiger partial charge in [-0.15, -0.1) is 0 Å². The zero-order chi connectivity index (χ0) is 37.2. The van der Waals surface area contributed by atoms with E-state index in [4.69, 9.17) is 4.42 Å². The van der Waals surface area contributed by atoms with Crippen LogP contribution >= 0.6 is 0 Å². The lowest BCUT2D eigenvalue weighted by molar-refractivity contribution is 0.626. The Kier molecular flexibility index (Phi) is 6.47. The topological polar surface area (TPSA) is 16.4 Å². The van der Waals surface area contributed by atoms with Gasteiger partial charge in [0.1, 0.15) is 11.2 Å². The van der Waals surface area contributed by atoms with Gasteiger partial charge in [0.2, 0.25) is 0 Å². The predicted octanol–water partition coefficient (Wildman–Crippen LogP) is 14.3. The molecule has 1 spiro atoms. The molecule has 0 radical (unpaired) electrons. The lowest BCUT2D eigenvalue weighted by Gasteiger charge is -2.32. The molecule has 2 heteroatoms. The molecule has 0 saturated carbocycles. The van der Waals surface area contributed by atoms with E-state index in [2.05, 4.69) is 195 Å². The fourth-order valence-electron chi connectivity index (χ4n) is 11.0. The molecule has 0 bridgehead atoms. The summed E-state index contributed by atoms with van der Waals surface area (Å²) in [6.07, 6.45) is 2.13. The van der Waals surface area contributed by atoms with Crippen molar-refractivity contribution in [3.05, 3.63) is 209 Å². The highest BCUT2D eigenvalue weighted by atomic mass is 16.3. The Morgan fingerprint density at radius 1 is 0.464 bits per heavy atom. The first-order valence-corrected chi connectivity index (χ1v) is 19.9. The average molecular weight is 718 g/mol. The molecule has 3 aliphatic rings. The van der Waals surface area contributed by atoms with Gasteiger partial charge in [0, 0.05) is 27.5 Å². The van der Waals surface area contributed by atoms with Crippen molar-refractivity contribution in [2.45, 2.75) is 37.5 Å². The van der Waals surface area contributed by atoms with Crippen LogP contribution in [0.3, 0.4) is 0 Å². The number of furan rings is 1. The van der Waals surface area contributed by atoms with E-state index in [-0.39, 0.29) is 10.8 Å². The van der Waals surface area contributed by atoms with E-state index in [1.165, 1.54) is 66.8 Å². The number of nitrogens with zero attached hydrogens (tertiary/aromatic N) is 1. The first-order chi connectivity index (χ1) is 27.5. The summed E-state index contributed by atoms with van der Waals surface area (Å²) in [4.78, 5) is 2.52. The SMILES string of the molecule is CC1(C)c2ccccc2-c2cccc(-c3ccccc3N(c3ccc4c(c3)C3(CCc5ccccc53)c3ccccc3-4)c3cccc4oc5ccccc5c34)c21. The lowest BCUT2D eigenvalue weighted by atomic mass is 9.73. The molecule has 8 aromatic carbocycles. The second kappa shape index (κ2) is 11.4. The summed E-state index contributed by atoms with van der Waals surface area (Å²) in [7, 11) is 0. The number of benzene rings is 8. The van der Waals surface area contributed by atoms with Gasteiger partial charge in [-0.05, 0) is 110 Å². The van der Waals surface area contributed by atoms with Gasteiger partial charge < -0.3 is 9.32 Å². The van der Waals surface area contributed by atoms with E-state index in [0.717, 1.165) is 51.8 Å². The molecular formula is C54H39NO. The van der Waals surface area contributed by atoms with Crippen molar-refractivity contribution in [2.75, 3.05) is 4.90 Å². The first kappa shape index (κ1) is 31.7. The van der Waals surface area contributed by atoms with Crippen LogP contribution in [0.15, 0.2) is 180 Å². The number of rotatable bonds is 4. The summed E-state index contributed by atoms with van der Waals surface area (Å²) < 4.78 is 6.56. The fraction of sp³-hybridized carbons (Fsp3) is 0.111. The van der Waals surface area contributed by atoms with Gasteiger partial charge in [-0.3, -0.25) is 0 Å². The number of hydrogen-bond acceptors (Lipinski definition) is 2. The number of hydrogen-bond donors (Lipinski definition) is 0. The Hall–Kier alpha value is -6.64. The summed E-state index contributed by atoms with van der Waals surface area (Å²) in [5.74, 6) is 0. The zero-order valence-corrected chi connectivity index (χ0v) is 31.5. The third kappa shape index (κ3) is 4.11. The number of anilines is 3. The zero-order valence-electron chi connectivity index (χ0n) is 31.5. The van der Waals surface area contributed by atoms with Crippen LogP contribution in [-0.2, 0) is 17.3 Å². The quantitative estimate of drug-likeness (QED) is 0.180. The molecule has 1 aromatic heterocycles. The highest BCUT2D eigenvalue weighted by Crippen LogP contribution is 2.60. The van der Waals surface area contributed by atoms with E-state index in [1.54, 1.807) is 0 Å². The Morgan fingerprint density at radius 3 is 1.91 bits per heavy atom. The summed E-state index contributed by atoms with van der Waals surface area (Å²) in [5.41, 5.74) is 21.1. The van der Waals surface area contributed by atoms with Crippen molar-refractivity contribution >= 4 is 39.0 Å². The van der Waals surface area contributed by atoms with Crippen LogP contribution in [-0.4, -0.2) is 0 Å². The minimum atomic E-state index is -0.200. The smallest absolute Gasteiger partial charge is 0.137 e. The molecule has 266 valence electrons.